The van der Waals surface area contributed by atoms with Crippen molar-refractivity contribution in [3.05, 3.63) is 0 Å². The molecular weight excluding hydrogens is 338 g/mol. The summed E-state index contributed by atoms with van der Waals surface area (Å²) in [5.41, 5.74) is 15.2. The Morgan fingerprint density at radius 2 is 1.60 bits per heavy atom. The number of aliphatic hydroxyl groups is 1. The third kappa shape index (κ3) is 14.9. The fourth-order valence-corrected chi connectivity index (χ4v) is 1.42. The van der Waals surface area contributed by atoms with Crippen LogP contribution < -0.4 is 22.5 Å². The maximum Gasteiger partial charge on any atom is 0.320 e. The molecule has 25 heavy (non-hydrogen) atoms. The Kier molecular flexibility index (Phi) is 13.8. The van der Waals surface area contributed by atoms with Gasteiger partial charge in [0.2, 0.25) is 0 Å². The average molecular weight is 365 g/mol. The first-order valence-electron chi connectivity index (χ1n) is 7.39. The van der Waals surface area contributed by atoms with E-state index in [2.05, 4.69) is 10.3 Å². The molecule has 0 fully saturated rings. The van der Waals surface area contributed by atoms with Crippen molar-refractivity contribution in [2.75, 3.05) is 13.2 Å². The van der Waals surface area contributed by atoms with Gasteiger partial charge in [-0.05, 0) is 26.2 Å². The van der Waals surface area contributed by atoms with E-state index in [1.54, 1.807) is 0 Å². The van der Waals surface area contributed by atoms with Gasteiger partial charge in [0.15, 0.2) is 5.96 Å². The minimum Gasteiger partial charge on any atom is -0.480 e. The normalized spacial score (nSPS) is 13.6. The number of aliphatic carboxylic acids is 3. The van der Waals surface area contributed by atoms with Crippen molar-refractivity contribution < 1.29 is 34.8 Å². The van der Waals surface area contributed by atoms with Gasteiger partial charge in [-0.1, -0.05) is 0 Å². The van der Waals surface area contributed by atoms with E-state index in [1.165, 1.54) is 6.92 Å². The lowest BCUT2D eigenvalue weighted by molar-refractivity contribution is -0.142. The summed E-state index contributed by atoms with van der Waals surface area (Å²) in [6.45, 7) is 1.52. The Bertz CT molecular complexity index is 454. The molecule has 0 spiro atoms. The lowest BCUT2D eigenvalue weighted by Gasteiger charge is -2.16. The van der Waals surface area contributed by atoms with Crippen molar-refractivity contribution in [2.45, 2.75) is 44.3 Å². The predicted molar refractivity (Wildman–Crippen MR) is 88.9 cm³/mol. The first kappa shape index (κ1) is 24.8. The lowest BCUT2D eigenvalue weighted by atomic mass is 10.1. The fraction of sp³-hybridized carbons (Fsp3) is 0.692. The Morgan fingerprint density at radius 3 is 1.92 bits per heavy atom. The van der Waals surface area contributed by atoms with Gasteiger partial charge < -0.3 is 37.6 Å². The van der Waals surface area contributed by atoms with Crippen LogP contribution in [-0.2, 0) is 14.4 Å². The summed E-state index contributed by atoms with van der Waals surface area (Å²) in [4.78, 5) is 35.0. The minimum absolute atomic E-state index is 0.0521. The molecule has 0 saturated heterocycles. The number of nitrogens with one attached hydrogen (secondary N) is 1. The summed E-state index contributed by atoms with van der Waals surface area (Å²) in [5.74, 6) is -3.31. The van der Waals surface area contributed by atoms with Crippen LogP contribution in [0.1, 0.15) is 26.2 Å². The quantitative estimate of drug-likeness (QED) is 0.107. The van der Waals surface area contributed by atoms with E-state index < -0.39 is 36.0 Å². The summed E-state index contributed by atoms with van der Waals surface area (Å²) in [6.07, 6.45) is 0.827. The third-order valence-electron chi connectivity index (χ3n) is 2.82. The fourth-order valence-electron chi connectivity index (χ4n) is 1.42. The molecule has 2 unspecified atom stereocenters. The molecule has 0 aromatic rings. The molecular formula is C13H27N5O7. The van der Waals surface area contributed by atoms with Gasteiger partial charge in [0.1, 0.15) is 18.1 Å². The minimum atomic E-state index is -1.10. The van der Waals surface area contributed by atoms with Crippen LogP contribution in [0.5, 0.6) is 0 Å². The molecule has 0 amide bonds. The van der Waals surface area contributed by atoms with Gasteiger partial charge in [-0.2, -0.15) is 0 Å². The Morgan fingerprint density at radius 1 is 1.04 bits per heavy atom. The molecule has 3 atom stereocenters. The van der Waals surface area contributed by atoms with Gasteiger partial charge in [-0.25, -0.2) is 0 Å². The number of hydrogen-bond acceptors (Lipinski definition) is 7. The molecule has 0 bridgehead atoms. The molecule has 12 nitrogen and oxygen atoms in total. The van der Waals surface area contributed by atoms with E-state index in [0.29, 0.717) is 13.0 Å². The van der Waals surface area contributed by atoms with Gasteiger partial charge in [0.05, 0.1) is 0 Å². The number of carboxylic acids is 3. The maximum atomic E-state index is 10.8. The lowest BCUT2D eigenvalue weighted by Crippen LogP contribution is -2.45. The van der Waals surface area contributed by atoms with Gasteiger partial charge in [0.25, 0.3) is 0 Å². The molecule has 0 heterocycles. The number of carbonyl (C=O) groups is 3. The molecule has 12 heteroatoms. The molecule has 0 aliphatic carbocycles. The number of aliphatic imine (C=N–C) groups is 1. The first-order chi connectivity index (χ1) is 11.5. The molecule has 0 aromatic heterocycles. The van der Waals surface area contributed by atoms with E-state index >= 15 is 0 Å². The van der Waals surface area contributed by atoms with Crippen LogP contribution in [0.15, 0.2) is 4.99 Å². The largest absolute Gasteiger partial charge is 0.480 e. The zero-order valence-electron chi connectivity index (χ0n) is 14.0. The highest BCUT2D eigenvalue weighted by Crippen LogP contribution is 2.00. The van der Waals surface area contributed by atoms with Gasteiger partial charge in [-0.3, -0.25) is 24.7 Å². The van der Waals surface area contributed by atoms with Gasteiger partial charge in [0, 0.05) is 13.2 Å². The van der Waals surface area contributed by atoms with Crippen molar-refractivity contribution in [3.8, 4) is 0 Å². The van der Waals surface area contributed by atoms with Crippen molar-refractivity contribution in [1.82, 2.24) is 5.32 Å². The molecule has 0 aromatic carbocycles. The number of rotatable bonds is 11. The van der Waals surface area contributed by atoms with Crippen LogP contribution in [0.4, 0.5) is 0 Å². The van der Waals surface area contributed by atoms with Crippen LogP contribution in [0.25, 0.3) is 0 Å². The number of aliphatic hydroxyl groups excluding tert-OH is 1. The molecule has 0 aliphatic rings. The second kappa shape index (κ2) is 13.9. The number of guanidine groups is 1. The summed E-state index contributed by atoms with van der Waals surface area (Å²) >= 11 is 0. The summed E-state index contributed by atoms with van der Waals surface area (Å²) < 4.78 is 0. The maximum absolute atomic E-state index is 10.8. The Hall–Kier alpha value is -2.44. The Labute approximate surface area is 144 Å². The predicted octanol–water partition coefficient (Wildman–Crippen LogP) is -2.66. The van der Waals surface area contributed by atoms with Crippen LogP contribution in [0, 0.1) is 0 Å². The van der Waals surface area contributed by atoms with E-state index in [0.717, 1.165) is 0 Å². The number of hydrogen-bond donors (Lipinski definition) is 8. The monoisotopic (exact) mass is 365 g/mol. The van der Waals surface area contributed by atoms with E-state index in [-0.39, 0.29) is 25.4 Å². The number of carboxylic acid groups (broad SMARTS) is 3. The summed E-state index contributed by atoms with van der Waals surface area (Å²) in [5, 5.41) is 36.2. The van der Waals surface area contributed by atoms with Gasteiger partial charge >= 0.3 is 17.9 Å². The standard InChI is InChI=1S/C9H18N4O4.C4H9NO3/c1-5(7(14)15)13-6(8(16)17)3-2-4-12-9(10)11;5-3(1-2-6)4(7)8/h5-6,13H,2-4H2,1H3,(H,14,15)(H,16,17)(H4,10,11,12);3,6H,1-2,5H2,(H,7,8)/t;3-/m.1/s1. The SMILES string of the molecule is CC(NC(CCCN=C(N)N)C(=O)O)C(=O)O.N[C@H](CCO)C(=O)O. The molecule has 146 valence electrons. The topological polar surface area (TPSA) is 235 Å². The highest BCUT2D eigenvalue weighted by atomic mass is 16.4. The highest BCUT2D eigenvalue weighted by molar-refractivity contribution is 5.77. The summed E-state index contributed by atoms with van der Waals surface area (Å²) in [7, 11) is 0. The first-order valence-corrected chi connectivity index (χ1v) is 7.39. The number of nitrogens with two attached hydrogens (primary N) is 3. The van der Waals surface area contributed by atoms with E-state index in [9.17, 15) is 14.4 Å². The van der Waals surface area contributed by atoms with Crippen LogP contribution in [0.2, 0.25) is 0 Å². The van der Waals surface area contributed by atoms with Gasteiger partial charge in [-0.15, -0.1) is 0 Å². The number of nitrogens with zero attached hydrogens (tertiary/aromatic N) is 1. The van der Waals surface area contributed by atoms with Crippen LogP contribution in [-0.4, -0.2) is 75.6 Å². The third-order valence-corrected chi connectivity index (χ3v) is 2.82. The van der Waals surface area contributed by atoms with Crippen molar-refractivity contribution >= 4 is 23.9 Å². The molecule has 0 radical (unpaired) electrons. The molecule has 0 saturated carbocycles. The van der Waals surface area contributed by atoms with Crippen LogP contribution in [0.3, 0.4) is 0 Å². The highest BCUT2D eigenvalue weighted by Gasteiger charge is 2.22. The van der Waals surface area contributed by atoms with E-state index in [4.69, 9.17) is 37.6 Å². The smallest absolute Gasteiger partial charge is 0.320 e. The zero-order valence-corrected chi connectivity index (χ0v) is 14.0. The van der Waals surface area contributed by atoms with Crippen molar-refractivity contribution in [1.29, 1.82) is 0 Å². The Balaban J connectivity index is 0. The van der Waals surface area contributed by atoms with E-state index in [1.807, 2.05) is 0 Å². The molecule has 0 rings (SSSR count). The molecule has 0 aliphatic heterocycles. The zero-order chi connectivity index (χ0) is 20.0. The second-order valence-electron chi connectivity index (χ2n) is 5.02. The van der Waals surface area contributed by atoms with Crippen molar-refractivity contribution in [2.24, 2.45) is 22.2 Å². The molecule has 11 N–H and O–H groups in total. The van der Waals surface area contributed by atoms with Crippen LogP contribution >= 0.6 is 0 Å². The second-order valence-corrected chi connectivity index (χ2v) is 5.02. The average Bonchev–Trinajstić information content (AvgIpc) is 2.50. The summed E-state index contributed by atoms with van der Waals surface area (Å²) in [6, 6.07) is -2.76. The van der Waals surface area contributed by atoms with Crippen molar-refractivity contribution in [3.63, 3.8) is 0 Å².